The molecule has 0 aliphatic carbocycles. The van der Waals surface area contributed by atoms with Gasteiger partial charge in [-0.1, -0.05) is 0 Å². The van der Waals surface area contributed by atoms with Crippen LogP contribution in [-0.4, -0.2) is 27.0 Å². The lowest BCUT2D eigenvalue weighted by Gasteiger charge is -2.02. The van der Waals surface area contributed by atoms with Gasteiger partial charge in [-0.05, 0) is 0 Å². The lowest BCUT2D eigenvalue weighted by molar-refractivity contribution is -0.149. The smallest absolute Gasteiger partial charge is 0.396 e. The molecule has 0 atom stereocenters. The van der Waals surface area contributed by atoms with E-state index in [9.17, 15) is 9.59 Å². The van der Waals surface area contributed by atoms with Crippen molar-refractivity contribution < 1.29 is 14.7 Å². The molecule has 1 amide bonds. The average molecular weight is 182 g/mol. The predicted molar refractivity (Wildman–Crippen MR) is 41.4 cm³/mol. The number of amides is 1. The van der Waals surface area contributed by atoms with Crippen LogP contribution in [0.1, 0.15) is 0 Å². The highest BCUT2D eigenvalue weighted by Crippen LogP contribution is 1.92. The monoisotopic (exact) mass is 182 g/mol. The first-order valence-electron chi connectivity index (χ1n) is 3.25. The Morgan fingerprint density at radius 1 is 1.38 bits per heavy atom. The first-order chi connectivity index (χ1) is 6.20. The summed E-state index contributed by atoms with van der Waals surface area (Å²) in [6.45, 7) is 0. The molecule has 1 aromatic rings. The third-order valence-corrected chi connectivity index (χ3v) is 1.06. The number of aromatic nitrogens is 2. The minimum atomic E-state index is -1.57. The molecule has 0 aromatic carbocycles. The van der Waals surface area contributed by atoms with Crippen molar-refractivity contribution in [3.8, 4) is 0 Å². The first kappa shape index (κ1) is 8.91. The van der Waals surface area contributed by atoms with Crippen molar-refractivity contribution >= 4 is 17.7 Å². The Hall–Kier alpha value is -2.18. The lowest BCUT2D eigenvalue weighted by Crippen LogP contribution is -2.35. The fraction of sp³-hybridized carbons (Fsp3) is 0. The summed E-state index contributed by atoms with van der Waals surface area (Å²) in [5.74, 6) is -2.47. The zero-order valence-electron chi connectivity index (χ0n) is 6.39. The van der Waals surface area contributed by atoms with Gasteiger partial charge in [0.15, 0.2) is 5.82 Å². The normalized spacial score (nSPS) is 8.92. The van der Waals surface area contributed by atoms with Gasteiger partial charge in [0.05, 0.1) is 6.20 Å². The minimum absolute atomic E-state index is 0.261. The number of hydrogen-bond donors (Lipinski definition) is 3. The molecule has 3 N–H and O–H groups in total. The van der Waals surface area contributed by atoms with E-state index >= 15 is 0 Å². The number of rotatable bonds is 2. The van der Waals surface area contributed by atoms with E-state index < -0.39 is 11.9 Å². The standard InChI is InChI=1S/C6H6N4O3/c11-5(6(12)13)10-9-4-3-7-1-2-8-4/h1-3H,(H,8,9)(H,10,11)(H,12,13). The molecule has 0 saturated carbocycles. The van der Waals surface area contributed by atoms with Crippen LogP contribution in [0.15, 0.2) is 18.6 Å². The van der Waals surface area contributed by atoms with Gasteiger partial charge in [-0.3, -0.25) is 20.6 Å². The van der Waals surface area contributed by atoms with Gasteiger partial charge in [-0.25, -0.2) is 9.78 Å². The van der Waals surface area contributed by atoms with Gasteiger partial charge in [-0.2, -0.15) is 0 Å². The second-order valence-electron chi connectivity index (χ2n) is 1.97. The Balaban J connectivity index is 2.44. The molecule has 68 valence electrons. The van der Waals surface area contributed by atoms with Gasteiger partial charge in [0.2, 0.25) is 0 Å². The summed E-state index contributed by atoms with van der Waals surface area (Å²) in [7, 11) is 0. The molecular weight excluding hydrogens is 176 g/mol. The van der Waals surface area contributed by atoms with E-state index in [1.807, 2.05) is 5.43 Å². The van der Waals surface area contributed by atoms with Gasteiger partial charge >= 0.3 is 11.9 Å². The molecule has 1 heterocycles. The Bertz CT molecular complexity index is 313. The molecule has 7 heteroatoms. The van der Waals surface area contributed by atoms with Gasteiger partial charge in [0.1, 0.15) is 0 Å². The molecule has 0 fully saturated rings. The number of carboxylic acid groups (broad SMARTS) is 1. The molecule has 0 unspecified atom stereocenters. The van der Waals surface area contributed by atoms with E-state index in [4.69, 9.17) is 5.11 Å². The Labute approximate surface area is 72.8 Å². The quantitative estimate of drug-likeness (QED) is 0.400. The van der Waals surface area contributed by atoms with E-state index in [0.717, 1.165) is 0 Å². The van der Waals surface area contributed by atoms with E-state index in [0.29, 0.717) is 0 Å². The van der Waals surface area contributed by atoms with Crippen LogP contribution < -0.4 is 10.9 Å². The highest BCUT2D eigenvalue weighted by atomic mass is 16.4. The fourth-order valence-electron chi connectivity index (χ4n) is 0.538. The largest absolute Gasteiger partial charge is 0.474 e. The van der Waals surface area contributed by atoms with Crippen molar-refractivity contribution in [2.75, 3.05) is 5.43 Å². The number of carbonyl (C=O) groups excluding carboxylic acids is 1. The van der Waals surface area contributed by atoms with Crippen LogP contribution in [0.2, 0.25) is 0 Å². The first-order valence-corrected chi connectivity index (χ1v) is 3.25. The molecule has 13 heavy (non-hydrogen) atoms. The topological polar surface area (TPSA) is 104 Å². The number of hydrazine groups is 1. The van der Waals surface area contributed by atoms with E-state index in [1.165, 1.54) is 18.6 Å². The summed E-state index contributed by atoms with van der Waals surface area (Å²) < 4.78 is 0. The van der Waals surface area contributed by atoms with Crippen molar-refractivity contribution in [2.45, 2.75) is 0 Å². The van der Waals surface area contributed by atoms with Crippen LogP contribution in [0.3, 0.4) is 0 Å². The van der Waals surface area contributed by atoms with Crippen LogP contribution in [-0.2, 0) is 9.59 Å². The number of anilines is 1. The van der Waals surface area contributed by atoms with Gasteiger partial charge < -0.3 is 5.11 Å². The van der Waals surface area contributed by atoms with Crippen LogP contribution >= 0.6 is 0 Å². The molecule has 0 aliphatic rings. The molecule has 0 saturated heterocycles. The zero-order chi connectivity index (χ0) is 9.68. The second kappa shape index (κ2) is 4.00. The third-order valence-electron chi connectivity index (χ3n) is 1.06. The fourth-order valence-corrected chi connectivity index (χ4v) is 0.538. The molecule has 7 nitrogen and oxygen atoms in total. The molecule has 0 aliphatic heterocycles. The number of nitrogens with one attached hydrogen (secondary N) is 2. The van der Waals surface area contributed by atoms with Crippen molar-refractivity contribution in [3.63, 3.8) is 0 Å². The number of hydrogen-bond acceptors (Lipinski definition) is 5. The van der Waals surface area contributed by atoms with Crippen LogP contribution in [0, 0.1) is 0 Å². The summed E-state index contributed by atoms with van der Waals surface area (Å²) >= 11 is 0. The summed E-state index contributed by atoms with van der Waals surface area (Å²) in [5, 5.41) is 8.17. The minimum Gasteiger partial charge on any atom is -0.474 e. The average Bonchev–Trinajstić information content (AvgIpc) is 2.15. The van der Waals surface area contributed by atoms with Gasteiger partial charge in [-0.15, -0.1) is 0 Å². The molecule has 1 rings (SSSR count). The van der Waals surface area contributed by atoms with Crippen LogP contribution in [0.4, 0.5) is 5.82 Å². The summed E-state index contributed by atoms with van der Waals surface area (Å²) in [5.41, 5.74) is 4.18. The van der Waals surface area contributed by atoms with Crippen LogP contribution in [0.5, 0.6) is 0 Å². The number of aliphatic carboxylic acids is 1. The van der Waals surface area contributed by atoms with E-state index in [1.54, 1.807) is 0 Å². The maximum Gasteiger partial charge on any atom is 0.396 e. The van der Waals surface area contributed by atoms with Gasteiger partial charge in [0, 0.05) is 12.4 Å². The second-order valence-corrected chi connectivity index (χ2v) is 1.97. The summed E-state index contributed by atoms with van der Waals surface area (Å²) in [4.78, 5) is 27.9. The third kappa shape index (κ3) is 2.73. The SMILES string of the molecule is O=C(O)C(=O)NNc1cnccn1. The maximum atomic E-state index is 10.5. The number of carbonyl (C=O) groups is 2. The molecular formula is C6H6N4O3. The highest BCUT2D eigenvalue weighted by Gasteiger charge is 2.09. The van der Waals surface area contributed by atoms with Crippen molar-refractivity contribution in [2.24, 2.45) is 0 Å². The summed E-state index contributed by atoms with van der Waals surface area (Å²) in [6.07, 6.45) is 4.18. The molecule has 0 spiro atoms. The Kier molecular flexibility index (Phi) is 2.74. The maximum absolute atomic E-state index is 10.5. The van der Waals surface area contributed by atoms with Crippen molar-refractivity contribution in [1.82, 2.24) is 15.4 Å². The number of carboxylic acids is 1. The predicted octanol–water partition coefficient (Wildman–Crippen LogP) is -0.996. The zero-order valence-corrected chi connectivity index (χ0v) is 6.39. The highest BCUT2D eigenvalue weighted by molar-refractivity contribution is 6.31. The van der Waals surface area contributed by atoms with Crippen molar-refractivity contribution in [3.05, 3.63) is 18.6 Å². The Morgan fingerprint density at radius 2 is 2.15 bits per heavy atom. The van der Waals surface area contributed by atoms with E-state index in [-0.39, 0.29) is 5.82 Å². The Morgan fingerprint density at radius 3 is 2.69 bits per heavy atom. The lowest BCUT2D eigenvalue weighted by atomic mass is 10.6. The number of nitrogens with zero attached hydrogens (tertiary/aromatic N) is 2. The molecule has 0 radical (unpaired) electrons. The molecule has 0 bridgehead atoms. The van der Waals surface area contributed by atoms with Crippen LogP contribution in [0.25, 0.3) is 0 Å². The van der Waals surface area contributed by atoms with Gasteiger partial charge in [0.25, 0.3) is 0 Å². The van der Waals surface area contributed by atoms with E-state index in [2.05, 4.69) is 15.4 Å². The van der Waals surface area contributed by atoms with Crippen molar-refractivity contribution in [1.29, 1.82) is 0 Å². The molecule has 1 aromatic heterocycles. The summed E-state index contributed by atoms with van der Waals surface area (Å²) in [6, 6.07) is 0.